The number of hydrogen-bond donors (Lipinski definition) is 2. The summed E-state index contributed by atoms with van der Waals surface area (Å²) in [6.07, 6.45) is 12.8. The Bertz CT molecular complexity index is 1130. The molecule has 0 bridgehead atoms. The van der Waals surface area contributed by atoms with E-state index in [0.29, 0.717) is 12.0 Å². The van der Waals surface area contributed by atoms with Crippen LogP contribution in [0.4, 0.5) is 5.82 Å². The molecule has 0 atom stereocenters. The van der Waals surface area contributed by atoms with Crippen molar-refractivity contribution in [1.29, 1.82) is 0 Å². The van der Waals surface area contributed by atoms with Crippen molar-refractivity contribution in [2.24, 2.45) is 4.99 Å². The van der Waals surface area contributed by atoms with Crippen LogP contribution in [0, 0.1) is 0 Å². The normalized spacial score (nSPS) is 18.1. The number of hydrogen-bond acceptors (Lipinski definition) is 5. The van der Waals surface area contributed by atoms with Crippen molar-refractivity contribution >= 4 is 12.0 Å². The molecule has 0 saturated carbocycles. The lowest BCUT2D eigenvalue weighted by Gasteiger charge is -2.32. The summed E-state index contributed by atoms with van der Waals surface area (Å²) in [7, 11) is 0. The molecule has 0 radical (unpaired) electrons. The van der Waals surface area contributed by atoms with Gasteiger partial charge in [0.05, 0.1) is 5.56 Å². The molecule has 6 nitrogen and oxygen atoms in total. The largest absolute Gasteiger partial charge is 0.371 e. The van der Waals surface area contributed by atoms with Crippen molar-refractivity contribution in [3.05, 3.63) is 93.7 Å². The van der Waals surface area contributed by atoms with Crippen molar-refractivity contribution in [3.8, 4) is 5.69 Å². The van der Waals surface area contributed by atoms with Gasteiger partial charge in [0, 0.05) is 73.9 Å². The zero-order valence-electron chi connectivity index (χ0n) is 17.6. The Morgan fingerprint density at radius 2 is 1.90 bits per heavy atom. The molecule has 31 heavy (non-hydrogen) atoms. The molecular weight excluding hydrogens is 386 g/mol. The second-order valence-corrected chi connectivity index (χ2v) is 8.00. The molecule has 1 fully saturated rings. The Morgan fingerprint density at radius 3 is 2.68 bits per heavy atom. The molecule has 0 amide bonds. The summed E-state index contributed by atoms with van der Waals surface area (Å²) < 4.78 is 2.17. The van der Waals surface area contributed by atoms with Gasteiger partial charge in [-0.25, -0.2) is 0 Å². The fraction of sp³-hybridized carbons (Fsp3) is 0.280. The molecule has 6 heteroatoms. The summed E-state index contributed by atoms with van der Waals surface area (Å²) in [6.45, 7) is 3.81. The van der Waals surface area contributed by atoms with Crippen molar-refractivity contribution in [1.82, 2.24) is 14.8 Å². The number of nitrogens with one attached hydrogen (secondary N) is 2. The third-order valence-corrected chi connectivity index (χ3v) is 5.94. The number of fused-ring (bicyclic) bond motifs is 1. The maximum Gasteiger partial charge on any atom is 0.192 e. The van der Waals surface area contributed by atoms with Gasteiger partial charge in [-0.2, -0.15) is 0 Å². The molecule has 158 valence electrons. The van der Waals surface area contributed by atoms with E-state index in [0.717, 1.165) is 67.6 Å². The second-order valence-electron chi connectivity index (χ2n) is 8.00. The summed E-state index contributed by atoms with van der Waals surface area (Å²) in [5, 5.41) is 6.91. The zero-order chi connectivity index (χ0) is 21.0. The lowest BCUT2D eigenvalue weighted by Crippen LogP contribution is -2.43. The fourth-order valence-corrected chi connectivity index (χ4v) is 4.37. The Kier molecular flexibility index (Phi) is 5.54. The lowest BCUT2D eigenvalue weighted by molar-refractivity contribution is 0.292. The minimum absolute atomic E-state index is 0.0104. The van der Waals surface area contributed by atoms with E-state index in [1.807, 2.05) is 24.4 Å². The summed E-state index contributed by atoms with van der Waals surface area (Å²) in [6, 6.07) is 11.9. The van der Waals surface area contributed by atoms with Crippen molar-refractivity contribution < 1.29 is 0 Å². The average Bonchev–Trinajstić information content (AvgIpc) is 3.05. The minimum Gasteiger partial charge on any atom is -0.371 e. The highest BCUT2D eigenvalue weighted by molar-refractivity contribution is 5.83. The summed E-state index contributed by atoms with van der Waals surface area (Å²) in [4.78, 5) is 20.0. The highest BCUT2D eigenvalue weighted by atomic mass is 16.1. The van der Waals surface area contributed by atoms with Crippen LogP contribution in [0.25, 0.3) is 5.69 Å². The number of rotatable bonds is 4. The maximum absolute atomic E-state index is 13.1. The summed E-state index contributed by atoms with van der Waals surface area (Å²) >= 11 is 0. The van der Waals surface area contributed by atoms with Crippen LogP contribution in [0.15, 0.2) is 82.0 Å². The third kappa shape index (κ3) is 4.11. The smallest absolute Gasteiger partial charge is 0.192 e. The SMILES string of the molecule is O=c1cc(NC2=CCCC=C2)n(-c2ccccc2)c2c1C=NC=C(N1CCNCC1)C2. The van der Waals surface area contributed by atoms with E-state index in [2.05, 4.69) is 55.5 Å². The Labute approximate surface area is 182 Å². The first-order valence-electron chi connectivity index (χ1n) is 11.0. The van der Waals surface area contributed by atoms with Gasteiger partial charge in [0.25, 0.3) is 0 Å². The van der Waals surface area contributed by atoms with E-state index in [9.17, 15) is 4.79 Å². The van der Waals surface area contributed by atoms with E-state index in [1.54, 1.807) is 12.3 Å². The van der Waals surface area contributed by atoms with Crippen LogP contribution < -0.4 is 16.1 Å². The Morgan fingerprint density at radius 1 is 1.06 bits per heavy atom. The van der Waals surface area contributed by atoms with Gasteiger partial charge < -0.3 is 15.5 Å². The van der Waals surface area contributed by atoms with Crippen LogP contribution in [0.2, 0.25) is 0 Å². The molecule has 2 aliphatic heterocycles. The monoisotopic (exact) mass is 413 g/mol. The van der Waals surface area contributed by atoms with Gasteiger partial charge in [0.2, 0.25) is 0 Å². The number of allylic oxidation sites excluding steroid dienone is 4. The fourth-order valence-electron chi connectivity index (χ4n) is 4.37. The first-order chi connectivity index (χ1) is 15.3. The molecule has 5 rings (SSSR count). The van der Waals surface area contributed by atoms with E-state index in [1.165, 1.54) is 0 Å². The van der Waals surface area contributed by atoms with Crippen LogP contribution in [-0.2, 0) is 6.42 Å². The summed E-state index contributed by atoms with van der Waals surface area (Å²) in [5.41, 5.74) is 4.81. The van der Waals surface area contributed by atoms with Gasteiger partial charge in [0.15, 0.2) is 5.43 Å². The van der Waals surface area contributed by atoms with E-state index >= 15 is 0 Å². The summed E-state index contributed by atoms with van der Waals surface area (Å²) in [5.74, 6) is 0.780. The third-order valence-electron chi connectivity index (χ3n) is 5.94. The number of piperazine rings is 1. The van der Waals surface area contributed by atoms with E-state index < -0.39 is 0 Å². The molecule has 1 aromatic heterocycles. The van der Waals surface area contributed by atoms with Gasteiger partial charge in [-0.1, -0.05) is 30.4 Å². The molecule has 1 aliphatic carbocycles. The predicted molar refractivity (Wildman–Crippen MR) is 126 cm³/mol. The topological polar surface area (TPSA) is 61.7 Å². The molecule has 0 unspecified atom stereocenters. The first kappa shape index (κ1) is 19.6. The number of nitrogens with zero attached hydrogens (tertiary/aromatic N) is 3. The minimum atomic E-state index is -0.0104. The van der Waals surface area contributed by atoms with Crippen LogP contribution in [0.5, 0.6) is 0 Å². The average molecular weight is 414 g/mol. The molecular formula is C25H27N5O. The molecule has 1 saturated heterocycles. The van der Waals surface area contributed by atoms with Gasteiger partial charge >= 0.3 is 0 Å². The van der Waals surface area contributed by atoms with Crippen molar-refractivity contribution in [2.75, 3.05) is 31.5 Å². The number of benzene rings is 1. The van der Waals surface area contributed by atoms with E-state index in [-0.39, 0.29) is 5.43 Å². The van der Waals surface area contributed by atoms with Crippen LogP contribution in [0.1, 0.15) is 24.1 Å². The highest BCUT2D eigenvalue weighted by Gasteiger charge is 2.22. The van der Waals surface area contributed by atoms with Crippen LogP contribution >= 0.6 is 0 Å². The zero-order valence-corrected chi connectivity index (χ0v) is 17.6. The maximum atomic E-state index is 13.1. The quantitative estimate of drug-likeness (QED) is 0.808. The van der Waals surface area contributed by atoms with Crippen LogP contribution in [0.3, 0.4) is 0 Å². The first-order valence-corrected chi connectivity index (χ1v) is 11.0. The number of aliphatic imine (C=N–C) groups is 1. The number of pyridine rings is 1. The molecule has 2 aromatic rings. The van der Waals surface area contributed by atoms with Crippen LogP contribution in [-0.4, -0.2) is 41.9 Å². The predicted octanol–water partition coefficient (Wildman–Crippen LogP) is 3.20. The second kappa shape index (κ2) is 8.78. The van der Waals surface area contributed by atoms with E-state index in [4.69, 9.17) is 0 Å². The lowest BCUT2D eigenvalue weighted by atomic mass is 10.1. The Balaban J connectivity index is 1.64. The molecule has 1 aromatic carbocycles. The number of para-hydroxylation sites is 1. The molecule has 3 heterocycles. The standard InChI is InChI=1S/C25H27N5O/c31-24-16-25(28-19-7-3-1-4-8-19)30(20-9-5-2-6-10-20)23-15-21(17-27-18-22(23)24)29-13-11-26-12-14-29/h2-3,5-10,16-18,26,28H,1,4,11-15H2. The molecule has 2 N–H and O–H groups in total. The van der Waals surface area contributed by atoms with Crippen molar-refractivity contribution in [3.63, 3.8) is 0 Å². The molecule has 0 spiro atoms. The van der Waals surface area contributed by atoms with Gasteiger partial charge in [-0.3, -0.25) is 14.4 Å². The Hall–Kier alpha value is -3.38. The number of anilines is 1. The van der Waals surface area contributed by atoms with Gasteiger partial charge in [-0.05, 0) is 31.1 Å². The number of aromatic nitrogens is 1. The highest BCUT2D eigenvalue weighted by Crippen LogP contribution is 2.26. The molecule has 3 aliphatic rings. The van der Waals surface area contributed by atoms with Crippen molar-refractivity contribution in [2.45, 2.75) is 19.3 Å². The van der Waals surface area contributed by atoms with Gasteiger partial charge in [-0.15, -0.1) is 0 Å². The van der Waals surface area contributed by atoms with Gasteiger partial charge in [0.1, 0.15) is 5.82 Å².